The van der Waals surface area contributed by atoms with Gasteiger partial charge in [0.15, 0.2) is 5.69 Å². The van der Waals surface area contributed by atoms with Crippen LogP contribution in [0, 0.1) is 13.8 Å². The monoisotopic (exact) mass is 345 g/mol. The van der Waals surface area contributed by atoms with Gasteiger partial charge >= 0.3 is 0 Å². The molecular formula is C19H15N5O2. The Hall–Kier alpha value is -3.61. The number of hydrogen-bond acceptors (Lipinski definition) is 6. The average molecular weight is 345 g/mol. The van der Waals surface area contributed by atoms with Crippen molar-refractivity contribution in [2.24, 2.45) is 0 Å². The van der Waals surface area contributed by atoms with Gasteiger partial charge in [-0.15, -0.1) is 0 Å². The SMILES string of the molecule is Cc1cc(C)cc(-n2ccc(=O)c(-c3nc(-c4ccccn4)no3)n2)c1. The lowest BCUT2D eigenvalue weighted by atomic mass is 10.1. The van der Waals surface area contributed by atoms with Crippen LogP contribution in [0.15, 0.2) is 64.2 Å². The summed E-state index contributed by atoms with van der Waals surface area (Å²) in [6, 6.07) is 12.9. The van der Waals surface area contributed by atoms with Gasteiger partial charge in [-0.05, 0) is 49.2 Å². The Morgan fingerprint density at radius 2 is 1.85 bits per heavy atom. The first kappa shape index (κ1) is 15.9. The van der Waals surface area contributed by atoms with Gasteiger partial charge in [0.1, 0.15) is 5.69 Å². The van der Waals surface area contributed by atoms with Gasteiger partial charge in [0.25, 0.3) is 5.89 Å². The fraction of sp³-hybridized carbons (Fsp3) is 0.105. The molecule has 0 N–H and O–H groups in total. The highest BCUT2D eigenvalue weighted by Crippen LogP contribution is 2.18. The van der Waals surface area contributed by atoms with Crippen molar-refractivity contribution in [3.63, 3.8) is 0 Å². The van der Waals surface area contributed by atoms with E-state index in [1.807, 2.05) is 32.0 Å². The average Bonchev–Trinajstić information content (AvgIpc) is 3.12. The van der Waals surface area contributed by atoms with E-state index < -0.39 is 0 Å². The molecule has 0 atom stereocenters. The van der Waals surface area contributed by atoms with Crippen LogP contribution in [-0.2, 0) is 0 Å². The molecule has 26 heavy (non-hydrogen) atoms. The second-order valence-corrected chi connectivity index (χ2v) is 5.96. The van der Waals surface area contributed by atoms with Crippen molar-refractivity contribution in [3.8, 4) is 28.8 Å². The Morgan fingerprint density at radius 3 is 2.58 bits per heavy atom. The summed E-state index contributed by atoms with van der Waals surface area (Å²) in [6.45, 7) is 4.02. The van der Waals surface area contributed by atoms with Gasteiger partial charge in [0.2, 0.25) is 11.3 Å². The molecule has 4 aromatic rings. The summed E-state index contributed by atoms with van der Waals surface area (Å²) >= 11 is 0. The molecule has 0 unspecified atom stereocenters. The predicted molar refractivity (Wildman–Crippen MR) is 95.8 cm³/mol. The van der Waals surface area contributed by atoms with E-state index in [0.29, 0.717) is 11.5 Å². The summed E-state index contributed by atoms with van der Waals surface area (Å²) in [5, 5.41) is 8.29. The van der Waals surface area contributed by atoms with Gasteiger partial charge in [-0.1, -0.05) is 17.3 Å². The zero-order chi connectivity index (χ0) is 18.1. The van der Waals surface area contributed by atoms with Crippen molar-refractivity contribution in [1.82, 2.24) is 24.9 Å². The Kier molecular flexibility index (Phi) is 3.89. The first-order valence-electron chi connectivity index (χ1n) is 8.04. The zero-order valence-corrected chi connectivity index (χ0v) is 14.2. The number of hydrogen-bond donors (Lipinski definition) is 0. The number of aryl methyl sites for hydroxylation is 2. The molecule has 4 rings (SSSR count). The summed E-state index contributed by atoms with van der Waals surface area (Å²) in [4.78, 5) is 20.7. The summed E-state index contributed by atoms with van der Waals surface area (Å²) < 4.78 is 6.87. The Balaban J connectivity index is 1.78. The molecule has 0 aliphatic carbocycles. The van der Waals surface area contributed by atoms with Crippen LogP contribution in [0.1, 0.15) is 11.1 Å². The van der Waals surface area contributed by atoms with Crippen LogP contribution in [0.5, 0.6) is 0 Å². The van der Waals surface area contributed by atoms with Gasteiger partial charge in [-0.25, -0.2) is 4.68 Å². The highest BCUT2D eigenvalue weighted by atomic mass is 16.5. The largest absolute Gasteiger partial charge is 0.332 e. The molecule has 128 valence electrons. The molecule has 7 heteroatoms. The molecule has 0 fully saturated rings. The maximum Gasteiger partial charge on any atom is 0.282 e. The molecule has 0 aliphatic rings. The highest BCUT2D eigenvalue weighted by Gasteiger charge is 2.16. The summed E-state index contributed by atoms with van der Waals surface area (Å²) in [5.41, 5.74) is 3.44. The summed E-state index contributed by atoms with van der Waals surface area (Å²) in [6.07, 6.45) is 3.26. The molecule has 3 aromatic heterocycles. The third-order valence-electron chi connectivity index (χ3n) is 3.80. The van der Waals surface area contributed by atoms with E-state index in [4.69, 9.17) is 4.52 Å². The third-order valence-corrected chi connectivity index (χ3v) is 3.80. The maximum absolute atomic E-state index is 12.3. The van der Waals surface area contributed by atoms with Crippen LogP contribution in [0.3, 0.4) is 0 Å². The number of aromatic nitrogens is 5. The number of pyridine rings is 1. The standard InChI is InChI=1S/C19H15N5O2/c1-12-9-13(2)11-14(10-12)24-8-6-16(25)17(22-24)19-21-18(23-26-19)15-5-3-4-7-20-15/h3-11H,1-2H3. The van der Waals surface area contributed by atoms with Crippen LogP contribution in [-0.4, -0.2) is 24.9 Å². The summed E-state index contributed by atoms with van der Waals surface area (Å²) in [7, 11) is 0. The number of benzene rings is 1. The Morgan fingerprint density at radius 1 is 1.04 bits per heavy atom. The molecule has 1 aromatic carbocycles. The molecule has 0 saturated carbocycles. The van der Waals surface area contributed by atoms with Crippen LogP contribution < -0.4 is 5.43 Å². The van der Waals surface area contributed by atoms with Gasteiger partial charge in [0, 0.05) is 18.5 Å². The molecule has 7 nitrogen and oxygen atoms in total. The second-order valence-electron chi connectivity index (χ2n) is 5.96. The third kappa shape index (κ3) is 3.02. The first-order valence-corrected chi connectivity index (χ1v) is 8.04. The molecule has 0 aliphatic heterocycles. The Bertz CT molecular complexity index is 1110. The van der Waals surface area contributed by atoms with E-state index >= 15 is 0 Å². The van der Waals surface area contributed by atoms with Crippen molar-refractivity contribution in [3.05, 3.63) is 76.2 Å². The van der Waals surface area contributed by atoms with Gasteiger partial charge in [-0.3, -0.25) is 9.78 Å². The fourth-order valence-corrected chi connectivity index (χ4v) is 2.70. The Labute approximate surface area is 149 Å². The molecule has 0 radical (unpaired) electrons. The van der Waals surface area contributed by atoms with Crippen LogP contribution in [0.2, 0.25) is 0 Å². The lowest BCUT2D eigenvalue weighted by Gasteiger charge is -2.08. The molecule has 0 saturated heterocycles. The minimum atomic E-state index is -0.290. The fourth-order valence-electron chi connectivity index (χ4n) is 2.70. The van der Waals surface area contributed by atoms with Gasteiger partial charge in [0.05, 0.1) is 5.69 Å². The van der Waals surface area contributed by atoms with E-state index in [0.717, 1.165) is 16.8 Å². The first-order chi connectivity index (χ1) is 12.6. The van der Waals surface area contributed by atoms with Gasteiger partial charge < -0.3 is 4.52 Å². The molecule has 0 amide bonds. The van der Waals surface area contributed by atoms with Crippen LogP contribution in [0.25, 0.3) is 28.8 Å². The molecule has 0 bridgehead atoms. The quantitative estimate of drug-likeness (QED) is 0.567. The summed E-state index contributed by atoms with van der Waals surface area (Å²) in [5.74, 6) is 0.373. The molecular weight excluding hydrogens is 330 g/mol. The van der Waals surface area contributed by atoms with E-state index in [1.165, 1.54) is 6.07 Å². The molecule has 0 spiro atoms. The van der Waals surface area contributed by atoms with E-state index in [9.17, 15) is 4.79 Å². The van der Waals surface area contributed by atoms with Crippen molar-refractivity contribution in [1.29, 1.82) is 0 Å². The zero-order valence-electron chi connectivity index (χ0n) is 14.2. The number of rotatable bonds is 3. The van der Waals surface area contributed by atoms with Crippen molar-refractivity contribution >= 4 is 0 Å². The van der Waals surface area contributed by atoms with E-state index in [-0.39, 0.29) is 17.0 Å². The van der Waals surface area contributed by atoms with Crippen LogP contribution in [0.4, 0.5) is 0 Å². The minimum Gasteiger partial charge on any atom is -0.332 e. The van der Waals surface area contributed by atoms with E-state index in [1.54, 1.807) is 29.2 Å². The smallest absolute Gasteiger partial charge is 0.282 e. The normalized spacial score (nSPS) is 10.8. The minimum absolute atomic E-state index is 0.0642. The molecule has 3 heterocycles. The predicted octanol–water partition coefficient (Wildman–Crippen LogP) is 2.96. The van der Waals surface area contributed by atoms with Crippen molar-refractivity contribution in [2.45, 2.75) is 13.8 Å². The number of nitrogens with zero attached hydrogens (tertiary/aromatic N) is 5. The van der Waals surface area contributed by atoms with E-state index in [2.05, 4.69) is 26.3 Å². The van der Waals surface area contributed by atoms with Crippen LogP contribution >= 0.6 is 0 Å². The lowest BCUT2D eigenvalue weighted by Crippen LogP contribution is -2.13. The lowest BCUT2D eigenvalue weighted by molar-refractivity contribution is 0.429. The van der Waals surface area contributed by atoms with Crippen molar-refractivity contribution in [2.75, 3.05) is 0 Å². The maximum atomic E-state index is 12.3. The van der Waals surface area contributed by atoms with Crippen molar-refractivity contribution < 1.29 is 4.52 Å². The highest BCUT2D eigenvalue weighted by molar-refractivity contribution is 5.53. The topological polar surface area (TPSA) is 86.7 Å². The van der Waals surface area contributed by atoms with Gasteiger partial charge in [-0.2, -0.15) is 10.1 Å². The second kappa shape index (κ2) is 6.36.